The lowest BCUT2D eigenvalue weighted by Crippen LogP contribution is -2.05. The molecule has 1 unspecified atom stereocenters. The van der Waals surface area contributed by atoms with Gasteiger partial charge in [-0.2, -0.15) is 8.42 Å². The Morgan fingerprint density at radius 2 is 2.17 bits per heavy atom. The van der Waals surface area contributed by atoms with Gasteiger partial charge in [0.25, 0.3) is 0 Å². The molecule has 0 amide bonds. The quantitative estimate of drug-likeness (QED) is 0.615. The van der Waals surface area contributed by atoms with E-state index < -0.39 is 10.1 Å². The summed E-state index contributed by atoms with van der Waals surface area (Å²) in [5.41, 5.74) is 1.23. The third-order valence-corrected chi connectivity index (χ3v) is 3.01. The second kappa shape index (κ2) is 2.49. The molecular formula is C8H12O3S. The summed E-state index contributed by atoms with van der Waals surface area (Å²) in [7, 11) is -3.29. The lowest BCUT2D eigenvalue weighted by atomic mass is 10.1. The van der Waals surface area contributed by atoms with E-state index in [4.69, 9.17) is 4.18 Å². The minimum Gasteiger partial charge on any atom is -0.387 e. The number of fused-ring (bicyclic) bond motifs is 2. The van der Waals surface area contributed by atoms with Crippen LogP contribution in [0.2, 0.25) is 0 Å². The Bertz CT molecular complexity index is 326. The Labute approximate surface area is 72.5 Å². The lowest BCUT2D eigenvalue weighted by molar-refractivity contribution is 0.371. The average molecular weight is 188 g/mol. The van der Waals surface area contributed by atoms with Crippen LogP contribution < -0.4 is 0 Å². The van der Waals surface area contributed by atoms with Crippen molar-refractivity contribution in [2.24, 2.45) is 5.92 Å². The van der Waals surface area contributed by atoms with E-state index in [0.717, 1.165) is 31.3 Å². The highest BCUT2D eigenvalue weighted by molar-refractivity contribution is 7.86. The zero-order valence-electron chi connectivity index (χ0n) is 7.04. The molecule has 0 aromatic heterocycles. The second-order valence-corrected chi connectivity index (χ2v) is 5.20. The Morgan fingerprint density at radius 3 is 2.58 bits per heavy atom. The summed E-state index contributed by atoms with van der Waals surface area (Å²) in [5, 5.41) is 0. The molecule has 1 atom stereocenters. The predicted molar refractivity (Wildman–Crippen MR) is 44.9 cm³/mol. The van der Waals surface area contributed by atoms with Crippen molar-refractivity contribution in [3.63, 3.8) is 0 Å². The van der Waals surface area contributed by atoms with Crippen LogP contribution in [-0.2, 0) is 14.3 Å². The fraction of sp³-hybridized carbons (Fsp3) is 0.750. The largest absolute Gasteiger partial charge is 0.387 e. The average Bonchev–Trinajstić information content (AvgIpc) is 2.42. The molecule has 2 aliphatic rings. The van der Waals surface area contributed by atoms with Crippen molar-refractivity contribution < 1.29 is 12.6 Å². The maximum absolute atomic E-state index is 10.8. The molecule has 0 aromatic carbocycles. The monoisotopic (exact) mass is 188 g/mol. The number of rotatable bonds is 2. The smallest absolute Gasteiger partial charge is 0.305 e. The first kappa shape index (κ1) is 8.10. The van der Waals surface area contributed by atoms with Crippen molar-refractivity contribution >= 4 is 10.1 Å². The highest BCUT2D eigenvalue weighted by atomic mass is 32.2. The topological polar surface area (TPSA) is 43.4 Å². The van der Waals surface area contributed by atoms with Gasteiger partial charge in [0, 0.05) is 6.42 Å². The normalized spacial score (nSPS) is 28.2. The summed E-state index contributed by atoms with van der Waals surface area (Å²) in [6.07, 6.45) is 5.25. The van der Waals surface area contributed by atoms with Gasteiger partial charge in [-0.25, -0.2) is 0 Å². The summed E-state index contributed by atoms with van der Waals surface area (Å²) in [6, 6.07) is 0. The Hall–Kier alpha value is -0.510. The van der Waals surface area contributed by atoms with Gasteiger partial charge in [-0.3, -0.25) is 0 Å². The van der Waals surface area contributed by atoms with Gasteiger partial charge in [0.1, 0.15) is 5.76 Å². The molecular weight excluding hydrogens is 176 g/mol. The van der Waals surface area contributed by atoms with Crippen LogP contribution in [0.5, 0.6) is 0 Å². The zero-order chi connectivity index (χ0) is 8.77. The van der Waals surface area contributed by atoms with Crippen LogP contribution in [0, 0.1) is 5.92 Å². The van der Waals surface area contributed by atoms with Gasteiger partial charge in [0.05, 0.1) is 6.26 Å². The van der Waals surface area contributed by atoms with Crippen molar-refractivity contribution in [3.05, 3.63) is 11.3 Å². The van der Waals surface area contributed by atoms with E-state index in [1.54, 1.807) is 0 Å². The van der Waals surface area contributed by atoms with Gasteiger partial charge in [0.15, 0.2) is 0 Å². The maximum atomic E-state index is 10.8. The molecule has 0 aromatic rings. The van der Waals surface area contributed by atoms with Gasteiger partial charge in [0.2, 0.25) is 0 Å². The van der Waals surface area contributed by atoms with Crippen LogP contribution in [0.25, 0.3) is 0 Å². The van der Waals surface area contributed by atoms with E-state index in [1.807, 2.05) is 0 Å². The standard InChI is InChI=1S/C8H12O3S/c1-12(9,10)11-8-5-6-2-3-7(8)4-6/h6H,2-5H2,1H3. The van der Waals surface area contributed by atoms with E-state index in [9.17, 15) is 8.42 Å². The van der Waals surface area contributed by atoms with Gasteiger partial charge in [-0.05, 0) is 30.8 Å². The van der Waals surface area contributed by atoms with E-state index in [0.29, 0.717) is 5.92 Å². The second-order valence-electron chi connectivity index (χ2n) is 3.63. The molecule has 2 rings (SSSR count). The highest BCUT2D eigenvalue weighted by Gasteiger charge is 2.32. The molecule has 68 valence electrons. The fourth-order valence-corrected chi connectivity index (χ4v) is 2.59. The minimum absolute atomic E-state index is 0.664. The molecule has 2 bridgehead atoms. The van der Waals surface area contributed by atoms with Crippen molar-refractivity contribution in [1.29, 1.82) is 0 Å². The SMILES string of the molecule is CS(=O)(=O)OC1=C2CCC(C2)C1. The summed E-state index contributed by atoms with van der Waals surface area (Å²) in [4.78, 5) is 0. The molecule has 0 radical (unpaired) electrons. The summed E-state index contributed by atoms with van der Waals surface area (Å²) < 4.78 is 26.5. The summed E-state index contributed by atoms with van der Waals surface area (Å²) >= 11 is 0. The van der Waals surface area contributed by atoms with Gasteiger partial charge < -0.3 is 4.18 Å². The zero-order valence-corrected chi connectivity index (χ0v) is 7.86. The van der Waals surface area contributed by atoms with Crippen LogP contribution >= 0.6 is 0 Å². The van der Waals surface area contributed by atoms with Crippen molar-refractivity contribution in [3.8, 4) is 0 Å². The van der Waals surface area contributed by atoms with E-state index in [1.165, 1.54) is 12.0 Å². The van der Waals surface area contributed by atoms with Crippen LogP contribution in [0.4, 0.5) is 0 Å². The molecule has 1 saturated carbocycles. The molecule has 4 heteroatoms. The first-order chi connectivity index (χ1) is 5.54. The Morgan fingerprint density at radius 1 is 1.42 bits per heavy atom. The van der Waals surface area contributed by atoms with Crippen molar-refractivity contribution in [1.82, 2.24) is 0 Å². The molecule has 0 heterocycles. The van der Waals surface area contributed by atoms with Crippen molar-refractivity contribution in [2.45, 2.75) is 25.7 Å². The highest BCUT2D eigenvalue weighted by Crippen LogP contribution is 2.44. The molecule has 12 heavy (non-hydrogen) atoms. The number of hydrogen-bond acceptors (Lipinski definition) is 3. The third-order valence-electron chi connectivity index (χ3n) is 2.51. The summed E-state index contributed by atoms with van der Waals surface area (Å²) in [5.74, 6) is 1.39. The van der Waals surface area contributed by atoms with Crippen LogP contribution in [0.3, 0.4) is 0 Å². The summed E-state index contributed by atoms with van der Waals surface area (Å²) in [6.45, 7) is 0. The third kappa shape index (κ3) is 1.48. The molecule has 0 saturated heterocycles. The minimum atomic E-state index is -3.29. The molecule has 0 aliphatic heterocycles. The van der Waals surface area contributed by atoms with Gasteiger partial charge in [-0.15, -0.1) is 0 Å². The molecule has 0 N–H and O–H groups in total. The molecule has 0 spiro atoms. The molecule has 3 nitrogen and oxygen atoms in total. The van der Waals surface area contributed by atoms with E-state index in [-0.39, 0.29) is 0 Å². The van der Waals surface area contributed by atoms with Crippen LogP contribution in [-0.4, -0.2) is 14.7 Å². The molecule has 1 fully saturated rings. The lowest BCUT2D eigenvalue weighted by Gasteiger charge is -2.11. The predicted octanol–water partition coefficient (Wildman–Crippen LogP) is 1.42. The van der Waals surface area contributed by atoms with E-state index in [2.05, 4.69) is 0 Å². The number of hydrogen-bond donors (Lipinski definition) is 0. The molecule has 2 aliphatic carbocycles. The Kier molecular flexibility index (Phi) is 1.68. The van der Waals surface area contributed by atoms with Crippen LogP contribution in [0.1, 0.15) is 25.7 Å². The number of allylic oxidation sites excluding steroid dienone is 2. The fourth-order valence-electron chi connectivity index (χ4n) is 2.04. The van der Waals surface area contributed by atoms with E-state index >= 15 is 0 Å². The maximum Gasteiger partial charge on any atom is 0.305 e. The first-order valence-corrected chi connectivity index (χ1v) is 5.96. The Balaban J connectivity index is 2.16. The van der Waals surface area contributed by atoms with Gasteiger partial charge in [-0.1, -0.05) is 0 Å². The first-order valence-electron chi connectivity index (χ1n) is 4.15. The van der Waals surface area contributed by atoms with Crippen LogP contribution in [0.15, 0.2) is 11.3 Å². The van der Waals surface area contributed by atoms with Gasteiger partial charge >= 0.3 is 10.1 Å². The van der Waals surface area contributed by atoms with Crippen molar-refractivity contribution in [2.75, 3.05) is 6.26 Å².